The number of pyridine rings is 1. The first-order chi connectivity index (χ1) is 9.41. The predicted octanol–water partition coefficient (Wildman–Crippen LogP) is 0.0849. The van der Waals surface area contributed by atoms with Gasteiger partial charge in [0.05, 0.1) is 31.9 Å². The van der Waals surface area contributed by atoms with Crippen molar-refractivity contribution in [3.05, 3.63) is 24.3 Å². The molecule has 1 N–H and O–H groups in total. The van der Waals surface area contributed by atoms with E-state index in [4.69, 9.17) is 9.84 Å². The Morgan fingerprint density at radius 1 is 1.55 bits per heavy atom. The van der Waals surface area contributed by atoms with Gasteiger partial charge in [-0.15, -0.1) is 0 Å². The van der Waals surface area contributed by atoms with Gasteiger partial charge in [0.1, 0.15) is 10.7 Å². The van der Waals surface area contributed by atoms with Gasteiger partial charge < -0.3 is 9.84 Å². The zero-order chi connectivity index (χ0) is 14.8. The molecule has 1 aliphatic rings. The Morgan fingerprint density at radius 3 is 2.95 bits per heavy atom. The average Bonchev–Trinajstić information content (AvgIpc) is 2.38. The van der Waals surface area contributed by atoms with Crippen molar-refractivity contribution in [3.8, 4) is 0 Å². The molecule has 1 fully saturated rings. The first-order valence-corrected chi connectivity index (χ1v) is 7.27. The summed E-state index contributed by atoms with van der Waals surface area (Å²) in [5, 5.41) is 8.81. The SMILES string of the molecule is O=C(O)CC1COCCN1S(=O)(=O)c1cncc(F)c1. The van der Waals surface area contributed by atoms with E-state index in [1.807, 2.05) is 0 Å². The van der Waals surface area contributed by atoms with Crippen molar-refractivity contribution < 1.29 is 27.4 Å². The number of halogens is 1. The van der Waals surface area contributed by atoms with Crippen molar-refractivity contribution in [1.29, 1.82) is 0 Å². The molecule has 110 valence electrons. The monoisotopic (exact) mass is 304 g/mol. The molecule has 2 heterocycles. The van der Waals surface area contributed by atoms with Crippen LogP contribution >= 0.6 is 0 Å². The lowest BCUT2D eigenvalue weighted by atomic mass is 10.2. The smallest absolute Gasteiger partial charge is 0.305 e. The second-order valence-electron chi connectivity index (χ2n) is 4.28. The van der Waals surface area contributed by atoms with Gasteiger partial charge in [-0.1, -0.05) is 0 Å². The third kappa shape index (κ3) is 3.11. The summed E-state index contributed by atoms with van der Waals surface area (Å²) >= 11 is 0. The number of morpholine rings is 1. The van der Waals surface area contributed by atoms with Crippen molar-refractivity contribution in [3.63, 3.8) is 0 Å². The molecule has 0 bridgehead atoms. The maximum absolute atomic E-state index is 13.1. The molecule has 2 rings (SSSR count). The van der Waals surface area contributed by atoms with Gasteiger partial charge in [0, 0.05) is 12.7 Å². The number of sulfonamides is 1. The summed E-state index contributed by atoms with van der Waals surface area (Å²) in [4.78, 5) is 14.0. The summed E-state index contributed by atoms with van der Waals surface area (Å²) in [6, 6.07) is 0.0461. The predicted molar refractivity (Wildman–Crippen MR) is 64.9 cm³/mol. The number of hydrogen-bond acceptors (Lipinski definition) is 5. The number of carboxylic acids is 1. The Kier molecular flexibility index (Phi) is 4.31. The van der Waals surface area contributed by atoms with E-state index >= 15 is 0 Å². The van der Waals surface area contributed by atoms with Gasteiger partial charge in [-0.2, -0.15) is 4.31 Å². The fraction of sp³-hybridized carbons (Fsp3) is 0.455. The van der Waals surface area contributed by atoms with Crippen molar-refractivity contribution in [1.82, 2.24) is 9.29 Å². The van der Waals surface area contributed by atoms with Crippen LogP contribution < -0.4 is 0 Å². The fourth-order valence-electron chi connectivity index (χ4n) is 1.99. The second kappa shape index (κ2) is 5.81. The molecule has 7 nitrogen and oxygen atoms in total. The second-order valence-corrected chi connectivity index (χ2v) is 6.17. The first-order valence-electron chi connectivity index (χ1n) is 5.83. The maximum Gasteiger partial charge on any atom is 0.305 e. The minimum absolute atomic E-state index is 0.00568. The Morgan fingerprint density at radius 2 is 2.30 bits per heavy atom. The molecule has 0 amide bonds. The zero-order valence-corrected chi connectivity index (χ0v) is 11.2. The Bertz CT molecular complexity index is 607. The molecule has 1 aromatic heterocycles. The Labute approximate surface area is 115 Å². The van der Waals surface area contributed by atoms with E-state index in [-0.39, 0.29) is 31.1 Å². The van der Waals surface area contributed by atoms with Crippen molar-refractivity contribution in [2.75, 3.05) is 19.8 Å². The van der Waals surface area contributed by atoms with E-state index < -0.39 is 27.9 Å². The van der Waals surface area contributed by atoms with Crippen LogP contribution in [0.4, 0.5) is 4.39 Å². The summed E-state index contributed by atoms with van der Waals surface area (Å²) in [7, 11) is -3.99. The molecule has 1 atom stereocenters. The molecule has 20 heavy (non-hydrogen) atoms. The zero-order valence-electron chi connectivity index (χ0n) is 10.4. The van der Waals surface area contributed by atoms with E-state index in [9.17, 15) is 17.6 Å². The molecular weight excluding hydrogens is 291 g/mol. The third-order valence-electron chi connectivity index (χ3n) is 2.87. The molecule has 1 aromatic rings. The molecule has 0 aromatic carbocycles. The lowest BCUT2D eigenvalue weighted by Crippen LogP contribution is -2.49. The van der Waals surface area contributed by atoms with Gasteiger partial charge in [-0.05, 0) is 6.07 Å². The number of aromatic nitrogens is 1. The van der Waals surface area contributed by atoms with E-state index in [1.54, 1.807) is 0 Å². The van der Waals surface area contributed by atoms with Gasteiger partial charge in [0.15, 0.2) is 0 Å². The molecular formula is C11H13FN2O5S. The van der Waals surface area contributed by atoms with Crippen LogP contribution in [-0.4, -0.2) is 54.6 Å². The molecule has 0 saturated carbocycles. The average molecular weight is 304 g/mol. The topological polar surface area (TPSA) is 96.8 Å². The summed E-state index contributed by atoms with van der Waals surface area (Å²) in [6.45, 7) is 0.184. The number of carbonyl (C=O) groups is 1. The maximum atomic E-state index is 13.1. The van der Waals surface area contributed by atoms with Crippen LogP contribution in [0.15, 0.2) is 23.4 Å². The molecule has 0 radical (unpaired) electrons. The van der Waals surface area contributed by atoms with E-state index in [2.05, 4.69) is 4.98 Å². The largest absolute Gasteiger partial charge is 0.481 e. The van der Waals surface area contributed by atoms with Gasteiger partial charge >= 0.3 is 5.97 Å². The standard InChI is InChI=1S/C11H13FN2O5S/c12-8-3-10(6-13-5-8)20(17,18)14-1-2-19-7-9(14)4-11(15)16/h3,5-6,9H,1-2,4,7H2,(H,15,16). The minimum atomic E-state index is -3.99. The first kappa shape index (κ1) is 14.8. The Hall–Kier alpha value is -1.58. The molecule has 0 aliphatic carbocycles. The highest BCUT2D eigenvalue weighted by atomic mass is 32.2. The molecule has 0 spiro atoms. The molecule has 1 saturated heterocycles. The lowest BCUT2D eigenvalue weighted by Gasteiger charge is -2.33. The summed E-state index contributed by atoms with van der Waals surface area (Å²) in [6.07, 6.45) is 1.56. The van der Waals surface area contributed by atoms with Crippen LogP contribution in [0, 0.1) is 5.82 Å². The van der Waals surface area contributed by atoms with Crippen LogP contribution in [0.5, 0.6) is 0 Å². The quantitative estimate of drug-likeness (QED) is 0.846. The van der Waals surface area contributed by atoms with Gasteiger partial charge in [-0.25, -0.2) is 12.8 Å². The highest BCUT2D eigenvalue weighted by Gasteiger charge is 2.35. The van der Waals surface area contributed by atoms with E-state index in [0.717, 1.165) is 22.8 Å². The summed E-state index contributed by atoms with van der Waals surface area (Å²) < 4.78 is 44.0. The highest BCUT2D eigenvalue weighted by molar-refractivity contribution is 7.89. The van der Waals surface area contributed by atoms with Crippen LogP contribution in [0.2, 0.25) is 0 Å². The summed E-state index contributed by atoms with van der Waals surface area (Å²) in [5.74, 6) is -1.90. The fourth-order valence-corrected chi connectivity index (χ4v) is 3.56. The normalized spacial score (nSPS) is 20.8. The number of aliphatic carboxylic acids is 1. The summed E-state index contributed by atoms with van der Waals surface area (Å²) in [5.41, 5.74) is 0. The van der Waals surface area contributed by atoms with Crippen LogP contribution in [0.25, 0.3) is 0 Å². The molecule has 9 heteroatoms. The van der Waals surface area contributed by atoms with Crippen LogP contribution in [0.1, 0.15) is 6.42 Å². The van der Waals surface area contributed by atoms with Crippen molar-refractivity contribution in [2.45, 2.75) is 17.4 Å². The lowest BCUT2D eigenvalue weighted by molar-refractivity contribution is -0.139. The van der Waals surface area contributed by atoms with E-state index in [1.165, 1.54) is 0 Å². The van der Waals surface area contributed by atoms with Crippen molar-refractivity contribution in [2.24, 2.45) is 0 Å². The van der Waals surface area contributed by atoms with Gasteiger partial charge in [0.2, 0.25) is 10.0 Å². The van der Waals surface area contributed by atoms with Gasteiger partial charge in [0.25, 0.3) is 0 Å². The number of nitrogens with zero attached hydrogens (tertiary/aromatic N) is 2. The van der Waals surface area contributed by atoms with Gasteiger partial charge in [-0.3, -0.25) is 9.78 Å². The third-order valence-corrected chi connectivity index (χ3v) is 4.79. The number of carboxylic acid groups (broad SMARTS) is 1. The molecule has 1 unspecified atom stereocenters. The van der Waals surface area contributed by atoms with E-state index in [0.29, 0.717) is 0 Å². The highest BCUT2D eigenvalue weighted by Crippen LogP contribution is 2.22. The number of rotatable bonds is 4. The van der Waals surface area contributed by atoms with Crippen molar-refractivity contribution >= 4 is 16.0 Å². The van der Waals surface area contributed by atoms with Crippen LogP contribution in [0.3, 0.4) is 0 Å². The number of ether oxygens (including phenoxy) is 1. The number of hydrogen-bond donors (Lipinski definition) is 1. The molecule has 1 aliphatic heterocycles. The van der Waals surface area contributed by atoms with Crippen LogP contribution in [-0.2, 0) is 19.6 Å². The Balaban J connectivity index is 2.33. The minimum Gasteiger partial charge on any atom is -0.481 e.